The number of carbonyl (C=O) groups is 2. The molecule has 6 nitrogen and oxygen atoms in total. The average molecular weight is 371 g/mol. The molecule has 4 rings (SSSR count). The van der Waals surface area contributed by atoms with Gasteiger partial charge >= 0.3 is 6.09 Å². The Bertz CT molecular complexity index is 860. The molecule has 2 aliphatic heterocycles. The molecule has 0 saturated carbocycles. The Morgan fingerprint density at radius 2 is 2.08 bits per heavy atom. The van der Waals surface area contributed by atoms with E-state index in [1.54, 1.807) is 23.2 Å². The van der Waals surface area contributed by atoms with Gasteiger partial charge in [-0.3, -0.25) is 4.79 Å². The standard InChI is InChI=1S/C19H21N3O3S/c1-3-25-19(24)22-9-8-13-14(10-22)26-18-15(13)17(23)20-16(21-18)12-6-4-11(2)5-7-12/h4-7,16,21H,3,8-10H2,1-2H3,(H,20,23)/t16-/m1/s1. The Morgan fingerprint density at radius 1 is 1.31 bits per heavy atom. The fourth-order valence-corrected chi connectivity index (χ4v) is 4.70. The highest BCUT2D eigenvalue weighted by Crippen LogP contribution is 2.40. The molecule has 2 N–H and O–H groups in total. The normalized spacial score (nSPS) is 18.5. The van der Waals surface area contributed by atoms with Gasteiger partial charge in [0.1, 0.15) is 11.2 Å². The lowest BCUT2D eigenvalue weighted by atomic mass is 10.0. The average Bonchev–Trinajstić information content (AvgIpc) is 3.00. The van der Waals surface area contributed by atoms with Crippen molar-refractivity contribution < 1.29 is 14.3 Å². The van der Waals surface area contributed by atoms with Crippen LogP contribution in [0.2, 0.25) is 0 Å². The van der Waals surface area contributed by atoms with E-state index in [0.717, 1.165) is 26.6 Å². The van der Waals surface area contributed by atoms with Crippen molar-refractivity contribution in [1.29, 1.82) is 0 Å². The molecule has 1 aromatic carbocycles. The zero-order valence-electron chi connectivity index (χ0n) is 14.8. The van der Waals surface area contributed by atoms with Crippen LogP contribution in [0.3, 0.4) is 0 Å². The van der Waals surface area contributed by atoms with Gasteiger partial charge < -0.3 is 20.3 Å². The van der Waals surface area contributed by atoms with E-state index in [1.807, 2.05) is 31.2 Å². The first-order chi connectivity index (χ1) is 12.6. The molecule has 2 aliphatic rings. The molecule has 1 aromatic heterocycles. The minimum Gasteiger partial charge on any atom is -0.450 e. The number of fused-ring (bicyclic) bond motifs is 3. The Morgan fingerprint density at radius 3 is 2.81 bits per heavy atom. The van der Waals surface area contributed by atoms with Crippen molar-refractivity contribution in [2.45, 2.75) is 33.0 Å². The van der Waals surface area contributed by atoms with Crippen molar-refractivity contribution >= 4 is 28.3 Å². The van der Waals surface area contributed by atoms with E-state index >= 15 is 0 Å². The van der Waals surface area contributed by atoms with Crippen LogP contribution >= 0.6 is 11.3 Å². The summed E-state index contributed by atoms with van der Waals surface area (Å²) in [4.78, 5) is 27.5. The number of hydrogen-bond acceptors (Lipinski definition) is 5. The van der Waals surface area contributed by atoms with Crippen LogP contribution < -0.4 is 10.6 Å². The summed E-state index contributed by atoms with van der Waals surface area (Å²) in [5.74, 6) is -0.0496. The minimum absolute atomic E-state index is 0.0496. The molecular formula is C19H21N3O3S. The molecule has 0 saturated heterocycles. The van der Waals surface area contributed by atoms with E-state index in [1.165, 1.54) is 5.56 Å². The van der Waals surface area contributed by atoms with Crippen LogP contribution in [-0.2, 0) is 17.7 Å². The van der Waals surface area contributed by atoms with Crippen molar-refractivity contribution in [2.24, 2.45) is 0 Å². The fourth-order valence-electron chi connectivity index (χ4n) is 3.41. The second-order valence-corrected chi connectivity index (χ2v) is 7.65. The Kier molecular flexibility index (Phi) is 4.32. The maximum atomic E-state index is 12.7. The number of amides is 2. The van der Waals surface area contributed by atoms with Crippen LogP contribution in [-0.4, -0.2) is 30.1 Å². The van der Waals surface area contributed by atoms with E-state index in [9.17, 15) is 9.59 Å². The lowest BCUT2D eigenvalue weighted by Gasteiger charge is -2.28. The third-order valence-corrected chi connectivity index (χ3v) is 5.92. The van der Waals surface area contributed by atoms with Gasteiger partial charge in [-0.2, -0.15) is 0 Å². The summed E-state index contributed by atoms with van der Waals surface area (Å²) in [7, 11) is 0. The molecule has 0 radical (unpaired) electrons. The molecule has 0 fully saturated rings. The van der Waals surface area contributed by atoms with Crippen LogP contribution in [0.4, 0.5) is 9.80 Å². The molecule has 2 aromatic rings. The highest BCUT2D eigenvalue weighted by molar-refractivity contribution is 7.16. The second-order valence-electron chi connectivity index (χ2n) is 6.54. The van der Waals surface area contributed by atoms with Crippen LogP contribution in [0.1, 0.15) is 45.0 Å². The van der Waals surface area contributed by atoms with Gasteiger partial charge in [-0.1, -0.05) is 29.8 Å². The van der Waals surface area contributed by atoms with Crippen LogP contribution in [0.15, 0.2) is 24.3 Å². The minimum atomic E-state index is -0.292. The monoisotopic (exact) mass is 371 g/mol. The Hall–Kier alpha value is -2.54. The molecule has 3 heterocycles. The summed E-state index contributed by atoms with van der Waals surface area (Å²) < 4.78 is 5.10. The van der Waals surface area contributed by atoms with Crippen LogP contribution in [0, 0.1) is 6.92 Å². The van der Waals surface area contributed by atoms with Crippen LogP contribution in [0.5, 0.6) is 0 Å². The Balaban J connectivity index is 1.59. The SMILES string of the molecule is CCOC(=O)N1CCc2c(sc3c2C(=O)N[C@@H](c2ccc(C)cc2)N3)C1. The van der Waals surface area contributed by atoms with Gasteiger partial charge in [0.25, 0.3) is 5.91 Å². The largest absolute Gasteiger partial charge is 0.450 e. The molecule has 7 heteroatoms. The number of thiophene rings is 1. The van der Waals surface area contributed by atoms with E-state index in [2.05, 4.69) is 10.6 Å². The number of ether oxygens (including phenoxy) is 1. The molecule has 0 spiro atoms. The number of nitrogens with one attached hydrogen (secondary N) is 2. The second kappa shape index (κ2) is 6.64. The van der Waals surface area contributed by atoms with E-state index in [4.69, 9.17) is 4.74 Å². The van der Waals surface area contributed by atoms with Gasteiger partial charge in [-0.15, -0.1) is 11.3 Å². The summed E-state index contributed by atoms with van der Waals surface area (Å²) >= 11 is 1.56. The van der Waals surface area contributed by atoms with Gasteiger partial charge in [0.15, 0.2) is 0 Å². The van der Waals surface area contributed by atoms with Gasteiger partial charge in [0.05, 0.1) is 18.7 Å². The van der Waals surface area contributed by atoms with E-state index in [-0.39, 0.29) is 18.2 Å². The topological polar surface area (TPSA) is 70.7 Å². The number of hydrogen-bond donors (Lipinski definition) is 2. The molecule has 2 amide bonds. The predicted octanol–water partition coefficient (Wildman–Crippen LogP) is 3.43. The van der Waals surface area contributed by atoms with Gasteiger partial charge in [-0.05, 0) is 31.4 Å². The highest BCUT2D eigenvalue weighted by atomic mass is 32.1. The van der Waals surface area contributed by atoms with Gasteiger partial charge in [-0.25, -0.2) is 4.79 Å². The smallest absolute Gasteiger partial charge is 0.410 e. The van der Waals surface area contributed by atoms with E-state index in [0.29, 0.717) is 26.1 Å². The molecule has 0 bridgehead atoms. The first kappa shape index (κ1) is 16.9. The van der Waals surface area contributed by atoms with Crippen molar-refractivity contribution in [2.75, 3.05) is 18.5 Å². The summed E-state index contributed by atoms with van der Waals surface area (Å²) in [6, 6.07) is 8.12. The van der Waals surface area contributed by atoms with E-state index < -0.39 is 0 Å². The quantitative estimate of drug-likeness (QED) is 0.849. The van der Waals surface area contributed by atoms with Crippen LogP contribution in [0.25, 0.3) is 0 Å². The molecule has 26 heavy (non-hydrogen) atoms. The summed E-state index contributed by atoms with van der Waals surface area (Å²) in [6.45, 7) is 5.28. The molecule has 0 unspecified atom stereocenters. The zero-order valence-corrected chi connectivity index (χ0v) is 15.6. The highest BCUT2D eigenvalue weighted by Gasteiger charge is 2.34. The number of rotatable bonds is 2. The first-order valence-electron chi connectivity index (χ1n) is 8.77. The molecule has 1 atom stereocenters. The first-order valence-corrected chi connectivity index (χ1v) is 9.58. The third kappa shape index (κ3) is 2.92. The number of nitrogens with zero attached hydrogens (tertiary/aromatic N) is 1. The van der Waals surface area contributed by atoms with Gasteiger partial charge in [0, 0.05) is 11.4 Å². The van der Waals surface area contributed by atoms with Gasteiger partial charge in [0.2, 0.25) is 0 Å². The lowest BCUT2D eigenvalue weighted by Crippen LogP contribution is -2.39. The fraction of sp³-hybridized carbons (Fsp3) is 0.368. The van der Waals surface area contributed by atoms with Crippen molar-refractivity contribution in [3.63, 3.8) is 0 Å². The number of benzene rings is 1. The zero-order chi connectivity index (χ0) is 18.3. The summed E-state index contributed by atoms with van der Waals surface area (Å²) in [6.07, 6.45) is 0.140. The molecular weight excluding hydrogens is 350 g/mol. The molecule has 0 aliphatic carbocycles. The third-order valence-electron chi connectivity index (χ3n) is 4.77. The summed E-state index contributed by atoms with van der Waals surface area (Å²) in [5.41, 5.74) is 3.99. The summed E-state index contributed by atoms with van der Waals surface area (Å²) in [5, 5.41) is 7.38. The van der Waals surface area contributed by atoms with Crippen molar-refractivity contribution in [3.05, 3.63) is 51.4 Å². The van der Waals surface area contributed by atoms with Crippen molar-refractivity contribution in [1.82, 2.24) is 10.2 Å². The maximum absolute atomic E-state index is 12.7. The van der Waals surface area contributed by atoms with Crippen molar-refractivity contribution in [3.8, 4) is 0 Å². The lowest BCUT2D eigenvalue weighted by molar-refractivity contribution is 0.0934. The number of anilines is 1. The predicted molar refractivity (Wildman–Crippen MR) is 100 cm³/mol. The number of aryl methyl sites for hydroxylation is 1. The maximum Gasteiger partial charge on any atom is 0.410 e. The number of carbonyl (C=O) groups excluding carboxylic acids is 2. The Labute approximate surface area is 156 Å². The molecule has 136 valence electrons.